The first-order valence-electron chi connectivity index (χ1n) is 11.4. The summed E-state index contributed by atoms with van der Waals surface area (Å²) in [5.74, 6) is 0.789. The smallest absolute Gasteiger partial charge is 0.248 e. The Balaban J connectivity index is 1.59. The Kier molecular flexibility index (Phi) is 7.49. The van der Waals surface area contributed by atoms with Crippen molar-refractivity contribution in [1.82, 2.24) is 0 Å². The van der Waals surface area contributed by atoms with E-state index in [4.69, 9.17) is 18.6 Å². The summed E-state index contributed by atoms with van der Waals surface area (Å²) in [5.41, 5.74) is 1.98. The predicted molar refractivity (Wildman–Crippen MR) is 132 cm³/mol. The van der Waals surface area contributed by atoms with Crippen molar-refractivity contribution in [2.45, 2.75) is 13.8 Å². The van der Waals surface area contributed by atoms with Gasteiger partial charge in [0.15, 0.2) is 5.43 Å². The van der Waals surface area contributed by atoms with Gasteiger partial charge in [-0.25, -0.2) is 0 Å². The average molecular weight is 465 g/mol. The van der Waals surface area contributed by atoms with E-state index in [1.165, 1.54) is 18.4 Å². The number of nitrogens with zero attached hydrogens (tertiary/aromatic N) is 1. The molecule has 1 aliphatic rings. The molecule has 3 aromatic rings. The number of hydrogen-bond acceptors (Lipinski definition) is 7. The molecular weight excluding hydrogens is 436 g/mol. The number of ether oxygens (including phenoxy) is 3. The summed E-state index contributed by atoms with van der Waals surface area (Å²) in [6, 6.07) is 10.6. The minimum atomic E-state index is -0.407. The van der Waals surface area contributed by atoms with Crippen LogP contribution in [0.4, 0.5) is 11.4 Å². The highest BCUT2D eigenvalue weighted by atomic mass is 16.5. The topological polar surface area (TPSA) is 90.2 Å². The molecule has 0 unspecified atom stereocenters. The molecule has 0 bridgehead atoms. The maximum absolute atomic E-state index is 12.7. The van der Waals surface area contributed by atoms with Gasteiger partial charge in [0.25, 0.3) is 0 Å². The summed E-state index contributed by atoms with van der Waals surface area (Å²) in [6.07, 6.45) is 4.09. The first-order valence-corrected chi connectivity index (χ1v) is 11.4. The van der Waals surface area contributed by atoms with E-state index in [2.05, 4.69) is 10.2 Å². The van der Waals surface area contributed by atoms with Crippen molar-refractivity contribution in [3.63, 3.8) is 0 Å². The Morgan fingerprint density at radius 2 is 1.82 bits per heavy atom. The molecule has 1 N–H and O–H groups in total. The maximum Gasteiger partial charge on any atom is 0.248 e. The van der Waals surface area contributed by atoms with Gasteiger partial charge in [0.2, 0.25) is 5.91 Å². The van der Waals surface area contributed by atoms with Crippen molar-refractivity contribution in [2.75, 3.05) is 49.7 Å². The third kappa shape index (κ3) is 5.23. The standard InChI is InChI=1S/C26H28N2O6/c1-3-32-23-16-21(28-11-13-31-14-12-28)24(33-4-2)15-20(23)27-25(29)10-9-18-17-34-22-8-6-5-7-19(22)26(18)30/h5-10,15-17H,3-4,11-14H2,1-2H3,(H,27,29)/b10-9+. The van der Waals surface area contributed by atoms with Gasteiger partial charge >= 0.3 is 0 Å². The lowest BCUT2D eigenvalue weighted by Gasteiger charge is -2.31. The number of anilines is 2. The zero-order chi connectivity index (χ0) is 23.9. The Bertz CT molecular complexity index is 1240. The van der Waals surface area contributed by atoms with E-state index in [0.717, 1.165) is 18.8 Å². The fourth-order valence-electron chi connectivity index (χ4n) is 3.79. The highest BCUT2D eigenvalue weighted by Crippen LogP contribution is 2.39. The van der Waals surface area contributed by atoms with Crippen LogP contribution in [0.2, 0.25) is 0 Å². The highest BCUT2D eigenvalue weighted by Gasteiger charge is 2.20. The van der Waals surface area contributed by atoms with Gasteiger partial charge in [0, 0.05) is 31.3 Å². The van der Waals surface area contributed by atoms with Gasteiger partial charge in [0.1, 0.15) is 23.3 Å². The number of morpholine rings is 1. The molecule has 1 aromatic heterocycles. The first kappa shape index (κ1) is 23.4. The second kappa shape index (κ2) is 10.9. The number of nitrogens with one attached hydrogen (secondary N) is 1. The maximum atomic E-state index is 12.7. The number of rotatable bonds is 8. The summed E-state index contributed by atoms with van der Waals surface area (Å²) in [7, 11) is 0. The third-order valence-electron chi connectivity index (χ3n) is 5.39. The van der Waals surface area contributed by atoms with Crippen molar-refractivity contribution in [1.29, 1.82) is 0 Å². The summed E-state index contributed by atoms with van der Waals surface area (Å²) >= 11 is 0. The SMILES string of the molecule is CCOc1cc(N2CCOCC2)c(OCC)cc1NC(=O)/C=C/c1coc2ccccc2c1=O. The molecule has 8 heteroatoms. The van der Waals surface area contributed by atoms with Gasteiger partial charge in [0.05, 0.1) is 48.8 Å². The van der Waals surface area contributed by atoms with Crippen LogP contribution >= 0.6 is 0 Å². The molecule has 0 spiro atoms. The Morgan fingerprint density at radius 1 is 1.09 bits per heavy atom. The van der Waals surface area contributed by atoms with Gasteiger partial charge in [-0.15, -0.1) is 0 Å². The minimum absolute atomic E-state index is 0.200. The molecule has 34 heavy (non-hydrogen) atoms. The van der Waals surface area contributed by atoms with E-state index in [9.17, 15) is 9.59 Å². The molecule has 8 nitrogen and oxygen atoms in total. The summed E-state index contributed by atoms with van der Waals surface area (Å²) in [5, 5.41) is 3.31. The van der Waals surface area contributed by atoms with Crippen molar-refractivity contribution in [3.8, 4) is 11.5 Å². The van der Waals surface area contributed by atoms with Crippen molar-refractivity contribution in [3.05, 3.63) is 64.5 Å². The molecule has 2 aromatic carbocycles. The van der Waals surface area contributed by atoms with Crippen molar-refractivity contribution < 1.29 is 23.4 Å². The van der Waals surface area contributed by atoms with Crippen LogP contribution in [0.15, 0.2) is 57.9 Å². The molecule has 1 aliphatic heterocycles. The van der Waals surface area contributed by atoms with E-state index < -0.39 is 5.91 Å². The minimum Gasteiger partial charge on any atom is -0.492 e. The fraction of sp³-hybridized carbons (Fsp3) is 0.308. The monoisotopic (exact) mass is 464 g/mol. The van der Waals surface area contributed by atoms with Crippen LogP contribution in [0.1, 0.15) is 19.4 Å². The number of benzene rings is 2. The van der Waals surface area contributed by atoms with E-state index in [1.807, 2.05) is 19.9 Å². The van der Waals surface area contributed by atoms with E-state index in [-0.39, 0.29) is 11.0 Å². The number of carbonyl (C=O) groups is 1. The fourth-order valence-corrected chi connectivity index (χ4v) is 3.79. The summed E-state index contributed by atoms with van der Waals surface area (Å²) in [6.45, 7) is 7.49. The van der Waals surface area contributed by atoms with E-state index >= 15 is 0 Å². The second-order valence-corrected chi connectivity index (χ2v) is 7.62. The molecule has 4 rings (SSSR count). The van der Waals surface area contributed by atoms with Crippen LogP contribution < -0.4 is 25.1 Å². The first-order chi connectivity index (χ1) is 16.6. The molecule has 0 saturated carbocycles. The largest absolute Gasteiger partial charge is 0.492 e. The quantitative estimate of drug-likeness (QED) is 0.503. The molecule has 178 valence electrons. The molecule has 0 atom stereocenters. The Hall–Kier alpha value is -3.78. The van der Waals surface area contributed by atoms with Crippen LogP contribution in [0.3, 0.4) is 0 Å². The third-order valence-corrected chi connectivity index (χ3v) is 5.39. The molecule has 1 saturated heterocycles. The van der Waals surface area contributed by atoms with Crippen molar-refractivity contribution in [2.24, 2.45) is 0 Å². The van der Waals surface area contributed by atoms with E-state index in [1.54, 1.807) is 30.3 Å². The van der Waals surface area contributed by atoms with Crippen LogP contribution in [-0.4, -0.2) is 45.4 Å². The lowest BCUT2D eigenvalue weighted by Crippen LogP contribution is -2.36. The predicted octanol–water partition coefficient (Wildman–Crippen LogP) is 4.08. The van der Waals surface area contributed by atoms with Gasteiger partial charge in [-0.2, -0.15) is 0 Å². The van der Waals surface area contributed by atoms with Crippen LogP contribution in [0.25, 0.3) is 17.0 Å². The molecule has 2 heterocycles. The lowest BCUT2D eigenvalue weighted by atomic mass is 10.1. The summed E-state index contributed by atoms with van der Waals surface area (Å²) < 4.78 is 22.7. The van der Waals surface area contributed by atoms with Crippen LogP contribution in [0, 0.1) is 0 Å². The molecule has 0 radical (unpaired) electrons. The number of carbonyl (C=O) groups excluding carboxylic acids is 1. The Labute approximate surface area is 197 Å². The highest BCUT2D eigenvalue weighted by molar-refractivity contribution is 6.03. The zero-order valence-corrected chi connectivity index (χ0v) is 19.3. The Morgan fingerprint density at radius 3 is 2.59 bits per heavy atom. The summed E-state index contributed by atoms with van der Waals surface area (Å²) in [4.78, 5) is 27.6. The molecule has 1 fully saturated rings. The average Bonchev–Trinajstić information content (AvgIpc) is 2.86. The normalized spacial score (nSPS) is 13.9. The van der Waals surface area contributed by atoms with Gasteiger partial charge in [-0.1, -0.05) is 12.1 Å². The number of para-hydroxylation sites is 1. The molecule has 0 aliphatic carbocycles. The van der Waals surface area contributed by atoms with E-state index in [0.29, 0.717) is 54.6 Å². The second-order valence-electron chi connectivity index (χ2n) is 7.62. The van der Waals surface area contributed by atoms with Gasteiger partial charge < -0.3 is 28.8 Å². The van der Waals surface area contributed by atoms with Crippen molar-refractivity contribution >= 4 is 34.3 Å². The van der Waals surface area contributed by atoms with Crippen LogP contribution in [-0.2, 0) is 9.53 Å². The van der Waals surface area contributed by atoms with Crippen LogP contribution in [0.5, 0.6) is 11.5 Å². The van der Waals surface area contributed by atoms with Gasteiger partial charge in [-0.05, 0) is 32.1 Å². The number of amides is 1. The zero-order valence-electron chi connectivity index (χ0n) is 19.3. The molecular formula is C26H28N2O6. The lowest BCUT2D eigenvalue weighted by molar-refractivity contribution is -0.111. The number of fused-ring (bicyclic) bond motifs is 1. The molecule has 1 amide bonds. The van der Waals surface area contributed by atoms with Gasteiger partial charge in [-0.3, -0.25) is 9.59 Å². The number of hydrogen-bond donors (Lipinski definition) is 1.